The fourth-order valence-electron chi connectivity index (χ4n) is 2.24. The van der Waals surface area contributed by atoms with Crippen LogP contribution in [0.15, 0.2) is 41.0 Å². The van der Waals surface area contributed by atoms with Gasteiger partial charge in [0.15, 0.2) is 0 Å². The van der Waals surface area contributed by atoms with E-state index in [2.05, 4.69) is 0 Å². The van der Waals surface area contributed by atoms with E-state index in [1.54, 1.807) is 11.0 Å². The summed E-state index contributed by atoms with van der Waals surface area (Å²) in [6.07, 6.45) is 0.691. The van der Waals surface area contributed by atoms with Gasteiger partial charge in [-0.25, -0.2) is 0 Å². The number of benzene rings is 1. The maximum atomic E-state index is 12.4. The van der Waals surface area contributed by atoms with Gasteiger partial charge in [-0.15, -0.1) is 12.4 Å². The highest BCUT2D eigenvalue weighted by Gasteiger charge is 2.20. The first kappa shape index (κ1) is 19.2. The first-order valence-electron chi connectivity index (χ1n) is 7.36. The standard InChI is InChI=1S/C17H22N2O3.ClH/c1-3-19(17(21)14-8-15(9-18)22-11-14)10-16(20)13-6-4-12(2)5-7-13;/h4-8,11,16,20H,3,9-10,18H2,1-2H3;1H. The highest BCUT2D eigenvalue weighted by molar-refractivity contribution is 5.94. The summed E-state index contributed by atoms with van der Waals surface area (Å²) in [5.74, 6) is 0.399. The van der Waals surface area contributed by atoms with E-state index in [1.807, 2.05) is 38.1 Å². The van der Waals surface area contributed by atoms with E-state index in [0.29, 0.717) is 17.9 Å². The van der Waals surface area contributed by atoms with E-state index in [0.717, 1.165) is 11.1 Å². The van der Waals surface area contributed by atoms with Crippen molar-refractivity contribution in [1.82, 2.24) is 4.90 Å². The van der Waals surface area contributed by atoms with Gasteiger partial charge in [0.2, 0.25) is 0 Å². The second-order valence-electron chi connectivity index (χ2n) is 5.28. The van der Waals surface area contributed by atoms with Gasteiger partial charge >= 0.3 is 0 Å². The molecule has 0 saturated heterocycles. The van der Waals surface area contributed by atoms with E-state index < -0.39 is 6.10 Å². The molecule has 0 fully saturated rings. The topological polar surface area (TPSA) is 79.7 Å². The Kier molecular flexibility index (Phi) is 7.29. The number of nitrogens with zero attached hydrogens (tertiary/aromatic N) is 1. The molecule has 0 saturated carbocycles. The third kappa shape index (κ3) is 4.82. The van der Waals surface area contributed by atoms with Gasteiger partial charge in [0.05, 0.1) is 24.8 Å². The number of nitrogens with two attached hydrogens (primary N) is 1. The lowest BCUT2D eigenvalue weighted by atomic mass is 10.1. The summed E-state index contributed by atoms with van der Waals surface area (Å²) in [6, 6.07) is 9.29. The van der Waals surface area contributed by atoms with Crippen molar-refractivity contribution in [1.29, 1.82) is 0 Å². The SMILES string of the molecule is CCN(CC(O)c1ccc(C)cc1)C(=O)c1coc(CN)c1.Cl. The summed E-state index contributed by atoms with van der Waals surface area (Å²) in [4.78, 5) is 14.0. The van der Waals surface area contributed by atoms with Gasteiger partial charge in [-0.1, -0.05) is 29.8 Å². The Morgan fingerprint density at radius 1 is 1.35 bits per heavy atom. The van der Waals surface area contributed by atoms with Gasteiger partial charge < -0.3 is 20.2 Å². The van der Waals surface area contributed by atoms with Crippen LogP contribution in [-0.4, -0.2) is 29.0 Å². The van der Waals surface area contributed by atoms with E-state index >= 15 is 0 Å². The predicted octanol–water partition coefficient (Wildman–Crippen LogP) is 2.66. The largest absolute Gasteiger partial charge is 0.467 e. The number of aliphatic hydroxyl groups excluding tert-OH is 1. The molecule has 2 aromatic rings. The molecule has 0 spiro atoms. The first-order valence-corrected chi connectivity index (χ1v) is 7.36. The van der Waals surface area contributed by atoms with Gasteiger partial charge in [0.1, 0.15) is 12.0 Å². The van der Waals surface area contributed by atoms with Gasteiger partial charge in [0, 0.05) is 6.54 Å². The van der Waals surface area contributed by atoms with E-state index in [4.69, 9.17) is 10.2 Å². The molecule has 3 N–H and O–H groups in total. The van der Waals surface area contributed by atoms with Crippen molar-refractivity contribution in [2.24, 2.45) is 5.73 Å². The molecule has 0 aliphatic heterocycles. The van der Waals surface area contributed by atoms with Crippen LogP contribution in [0.1, 0.15) is 40.3 Å². The van der Waals surface area contributed by atoms with Crippen molar-refractivity contribution in [3.63, 3.8) is 0 Å². The minimum Gasteiger partial charge on any atom is -0.467 e. The summed E-state index contributed by atoms with van der Waals surface area (Å²) in [6.45, 7) is 4.87. The van der Waals surface area contributed by atoms with Gasteiger partial charge in [-0.05, 0) is 25.5 Å². The molecule has 23 heavy (non-hydrogen) atoms. The number of furan rings is 1. The average Bonchev–Trinajstić information content (AvgIpc) is 3.01. The molecule has 1 aromatic carbocycles. The molecule has 1 amide bonds. The zero-order valence-corrected chi connectivity index (χ0v) is 14.2. The van der Waals surface area contributed by atoms with Crippen LogP contribution < -0.4 is 5.73 Å². The molecule has 1 aromatic heterocycles. The molecule has 5 nitrogen and oxygen atoms in total. The van der Waals surface area contributed by atoms with E-state index in [1.165, 1.54) is 6.26 Å². The molecule has 0 aliphatic carbocycles. The molecular formula is C17H23ClN2O3. The lowest BCUT2D eigenvalue weighted by Gasteiger charge is -2.23. The highest BCUT2D eigenvalue weighted by Crippen LogP contribution is 2.17. The normalized spacial score (nSPS) is 11.7. The number of aryl methyl sites for hydroxylation is 1. The Labute approximate surface area is 142 Å². The summed E-state index contributed by atoms with van der Waals surface area (Å²) in [7, 11) is 0. The van der Waals surface area contributed by atoms with Crippen molar-refractivity contribution < 1.29 is 14.3 Å². The van der Waals surface area contributed by atoms with Crippen LogP contribution in [0.2, 0.25) is 0 Å². The maximum absolute atomic E-state index is 12.4. The number of carbonyl (C=O) groups is 1. The lowest BCUT2D eigenvalue weighted by Crippen LogP contribution is -2.34. The number of hydrogen-bond donors (Lipinski definition) is 2. The van der Waals surface area contributed by atoms with Crippen LogP contribution in [0.5, 0.6) is 0 Å². The van der Waals surface area contributed by atoms with Crippen LogP contribution >= 0.6 is 12.4 Å². The monoisotopic (exact) mass is 338 g/mol. The van der Waals surface area contributed by atoms with Crippen LogP contribution in [0.3, 0.4) is 0 Å². The number of carbonyl (C=O) groups excluding carboxylic acids is 1. The molecule has 0 bridgehead atoms. The van der Waals surface area contributed by atoms with E-state index in [9.17, 15) is 9.90 Å². The summed E-state index contributed by atoms with van der Waals surface area (Å²) in [5, 5.41) is 10.3. The minimum atomic E-state index is -0.717. The van der Waals surface area contributed by atoms with Crippen molar-refractivity contribution in [3.05, 3.63) is 59.0 Å². The zero-order chi connectivity index (χ0) is 16.1. The minimum absolute atomic E-state index is 0. The van der Waals surface area contributed by atoms with E-state index in [-0.39, 0.29) is 31.4 Å². The number of halogens is 1. The molecule has 1 atom stereocenters. The molecule has 0 radical (unpaired) electrons. The number of likely N-dealkylation sites (N-methyl/N-ethyl adjacent to an activating group) is 1. The van der Waals surface area contributed by atoms with Crippen molar-refractivity contribution in [2.75, 3.05) is 13.1 Å². The second-order valence-corrected chi connectivity index (χ2v) is 5.28. The van der Waals surface area contributed by atoms with Crippen LogP contribution in [0.25, 0.3) is 0 Å². The molecular weight excluding hydrogens is 316 g/mol. The lowest BCUT2D eigenvalue weighted by molar-refractivity contribution is 0.0634. The smallest absolute Gasteiger partial charge is 0.257 e. The number of rotatable bonds is 6. The van der Waals surface area contributed by atoms with Crippen molar-refractivity contribution >= 4 is 18.3 Å². The molecule has 0 aliphatic rings. The highest BCUT2D eigenvalue weighted by atomic mass is 35.5. The molecule has 1 heterocycles. The second kappa shape index (κ2) is 8.72. The molecule has 1 unspecified atom stereocenters. The Hall–Kier alpha value is -1.82. The average molecular weight is 339 g/mol. The predicted molar refractivity (Wildman–Crippen MR) is 91.6 cm³/mol. The molecule has 6 heteroatoms. The summed E-state index contributed by atoms with van der Waals surface area (Å²) in [5.41, 5.74) is 7.87. The van der Waals surface area contributed by atoms with Crippen molar-refractivity contribution in [2.45, 2.75) is 26.5 Å². The number of aliphatic hydroxyl groups is 1. The fraction of sp³-hybridized carbons (Fsp3) is 0.353. The third-order valence-electron chi connectivity index (χ3n) is 3.63. The van der Waals surface area contributed by atoms with Gasteiger partial charge in [-0.2, -0.15) is 0 Å². The molecule has 2 rings (SSSR count). The van der Waals surface area contributed by atoms with Crippen LogP contribution in [0.4, 0.5) is 0 Å². The van der Waals surface area contributed by atoms with Gasteiger partial charge in [-0.3, -0.25) is 4.79 Å². The fourth-order valence-corrected chi connectivity index (χ4v) is 2.24. The first-order chi connectivity index (χ1) is 10.5. The molecule has 126 valence electrons. The van der Waals surface area contributed by atoms with Crippen LogP contribution in [-0.2, 0) is 6.54 Å². The quantitative estimate of drug-likeness (QED) is 0.848. The Balaban J connectivity index is 0.00000264. The van der Waals surface area contributed by atoms with Crippen LogP contribution in [0, 0.1) is 6.92 Å². The Bertz CT molecular complexity index is 625. The Morgan fingerprint density at radius 3 is 2.52 bits per heavy atom. The summed E-state index contributed by atoms with van der Waals surface area (Å²) >= 11 is 0. The summed E-state index contributed by atoms with van der Waals surface area (Å²) < 4.78 is 5.20. The third-order valence-corrected chi connectivity index (χ3v) is 3.63. The van der Waals surface area contributed by atoms with Crippen molar-refractivity contribution in [3.8, 4) is 0 Å². The zero-order valence-electron chi connectivity index (χ0n) is 13.4. The Morgan fingerprint density at radius 2 is 2.00 bits per heavy atom. The number of hydrogen-bond acceptors (Lipinski definition) is 4. The number of amides is 1. The van der Waals surface area contributed by atoms with Gasteiger partial charge in [0.25, 0.3) is 5.91 Å². The maximum Gasteiger partial charge on any atom is 0.257 e.